The summed E-state index contributed by atoms with van der Waals surface area (Å²) in [5.41, 5.74) is 2.02. The number of sulfonamides is 1. The highest BCUT2D eigenvalue weighted by Gasteiger charge is 2.34. The zero-order valence-corrected chi connectivity index (χ0v) is 18.8. The van der Waals surface area contributed by atoms with E-state index in [2.05, 4.69) is 25.2 Å². The summed E-state index contributed by atoms with van der Waals surface area (Å²) >= 11 is 0. The van der Waals surface area contributed by atoms with Crippen LogP contribution in [0.1, 0.15) is 38.7 Å². The van der Waals surface area contributed by atoms with Crippen LogP contribution >= 0.6 is 0 Å². The van der Waals surface area contributed by atoms with E-state index in [0.29, 0.717) is 37.0 Å². The van der Waals surface area contributed by atoms with Crippen molar-refractivity contribution < 1.29 is 18.1 Å². The van der Waals surface area contributed by atoms with Gasteiger partial charge in [0.1, 0.15) is 0 Å². The number of hydrogen-bond donors (Lipinski definition) is 2. The molecule has 7 heteroatoms. The first-order chi connectivity index (χ1) is 14.3. The molecule has 0 radical (unpaired) electrons. The Morgan fingerprint density at radius 3 is 2.27 bits per heavy atom. The summed E-state index contributed by atoms with van der Waals surface area (Å²) in [4.78, 5) is 14.3. The quantitative estimate of drug-likeness (QED) is 0.707. The average molecular weight is 431 g/mol. The molecule has 1 amide bonds. The fourth-order valence-corrected chi connectivity index (χ4v) is 5.34. The first-order valence-electron chi connectivity index (χ1n) is 10.6. The minimum absolute atomic E-state index is 0.0277. The molecule has 30 heavy (non-hydrogen) atoms. The fourth-order valence-electron chi connectivity index (χ4n) is 3.88. The number of para-hydroxylation sites is 1. The third-order valence-electron chi connectivity index (χ3n) is 6.11. The number of nitrogens with zero attached hydrogens (tertiary/aromatic N) is 1. The molecular weight excluding hydrogens is 398 g/mol. The summed E-state index contributed by atoms with van der Waals surface area (Å²) in [6.07, 6.45) is 1.01. The van der Waals surface area contributed by atoms with Gasteiger partial charge in [0, 0.05) is 5.69 Å². The zero-order valence-electron chi connectivity index (χ0n) is 18.0. The van der Waals surface area contributed by atoms with Crippen LogP contribution < -0.4 is 10.2 Å². The fraction of sp³-hybridized carbons (Fsp3) is 0.435. The van der Waals surface area contributed by atoms with Gasteiger partial charge in [-0.05, 0) is 43.0 Å². The highest BCUT2D eigenvalue weighted by Crippen LogP contribution is 2.26. The molecule has 1 aliphatic rings. The molecule has 162 valence electrons. The van der Waals surface area contributed by atoms with Gasteiger partial charge in [0.25, 0.3) is 5.91 Å². The largest absolute Gasteiger partial charge is 0.323 e. The second kappa shape index (κ2) is 9.73. The summed E-state index contributed by atoms with van der Waals surface area (Å²) in [5, 5.41) is 3.10. The van der Waals surface area contributed by atoms with E-state index in [4.69, 9.17) is 0 Å². The Morgan fingerprint density at radius 1 is 1.03 bits per heavy atom. The molecule has 0 unspecified atom stereocenters. The van der Waals surface area contributed by atoms with Gasteiger partial charge in [0.2, 0.25) is 10.0 Å². The van der Waals surface area contributed by atoms with Crippen molar-refractivity contribution in [3.05, 3.63) is 60.2 Å². The molecular formula is C23H32N3O3S+. The van der Waals surface area contributed by atoms with E-state index in [1.807, 2.05) is 25.1 Å². The van der Waals surface area contributed by atoms with Gasteiger partial charge < -0.3 is 10.2 Å². The number of amides is 1. The van der Waals surface area contributed by atoms with Crippen LogP contribution in [0.25, 0.3) is 0 Å². The van der Waals surface area contributed by atoms with Gasteiger partial charge in [-0.25, -0.2) is 8.42 Å². The van der Waals surface area contributed by atoms with Crippen LogP contribution in [-0.4, -0.2) is 50.9 Å². The second-order valence-electron chi connectivity index (χ2n) is 7.98. The minimum Gasteiger partial charge on any atom is -0.323 e. The highest BCUT2D eigenvalue weighted by molar-refractivity contribution is 7.89. The van der Waals surface area contributed by atoms with Gasteiger partial charge in [-0.3, -0.25) is 4.79 Å². The zero-order chi connectivity index (χ0) is 21.7. The van der Waals surface area contributed by atoms with Gasteiger partial charge >= 0.3 is 0 Å². The van der Waals surface area contributed by atoms with E-state index in [0.717, 1.165) is 22.6 Å². The Kier molecular flexibility index (Phi) is 7.28. The smallest absolute Gasteiger partial charge is 0.282 e. The summed E-state index contributed by atoms with van der Waals surface area (Å²) in [6, 6.07) is 16.2. The number of anilines is 1. The molecule has 6 nitrogen and oxygen atoms in total. The van der Waals surface area contributed by atoms with Crippen molar-refractivity contribution in [2.45, 2.75) is 44.0 Å². The number of quaternary nitrogens is 1. The Hall–Kier alpha value is -2.22. The van der Waals surface area contributed by atoms with Crippen molar-refractivity contribution in [1.29, 1.82) is 0 Å². The van der Waals surface area contributed by atoms with E-state index in [9.17, 15) is 13.2 Å². The third kappa shape index (κ3) is 4.91. The molecule has 3 rings (SSSR count). The predicted molar refractivity (Wildman–Crippen MR) is 119 cm³/mol. The molecule has 2 aromatic rings. The van der Waals surface area contributed by atoms with Gasteiger partial charge in [-0.2, -0.15) is 4.31 Å². The first-order valence-corrected chi connectivity index (χ1v) is 12.1. The normalized spacial score (nSPS) is 18.0. The van der Waals surface area contributed by atoms with E-state index < -0.39 is 10.0 Å². The van der Waals surface area contributed by atoms with Crippen LogP contribution in [0.5, 0.6) is 0 Å². The number of rotatable bonds is 7. The molecule has 0 spiro atoms. The standard InChI is InChI=1S/C23H31N3O3S/c1-4-18(2)21-12-8-9-13-22(21)24-23(27)19(3)25-14-16-26(17-15-25)30(28,29)20-10-6-5-7-11-20/h5-13,18-19H,4,14-17H2,1-3H3,(H,24,27)/p+1/t18-,19-/m1/s1. The predicted octanol–water partition coefficient (Wildman–Crippen LogP) is 2.12. The Labute approximate surface area is 179 Å². The molecule has 0 aliphatic carbocycles. The molecule has 1 heterocycles. The molecule has 1 saturated heterocycles. The number of hydrogen-bond acceptors (Lipinski definition) is 3. The van der Waals surface area contributed by atoms with Crippen molar-refractivity contribution in [3.8, 4) is 0 Å². The van der Waals surface area contributed by atoms with Crippen molar-refractivity contribution in [1.82, 2.24) is 4.31 Å². The van der Waals surface area contributed by atoms with Crippen LogP contribution in [0.2, 0.25) is 0 Å². The van der Waals surface area contributed by atoms with Crippen LogP contribution in [0.3, 0.4) is 0 Å². The van der Waals surface area contributed by atoms with Gasteiger partial charge in [-0.1, -0.05) is 50.2 Å². The van der Waals surface area contributed by atoms with Crippen molar-refractivity contribution in [3.63, 3.8) is 0 Å². The number of carbonyl (C=O) groups excluding carboxylic acids is 1. The topological polar surface area (TPSA) is 70.9 Å². The van der Waals surface area contributed by atoms with Crippen LogP contribution in [0, 0.1) is 0 Å². The monoisotopic (exact) mass is 430 g/mol. The molecule has 2 N–H and O–H groups in total. The lowest BCUT2D eigenvalue weighted by atomic mass is 9.97. The van der Waals surface area contributed by atoms with Crippen molar-refractivity contribution >= 4 is 21.6 Å². The summed E-state index contributed by atoms with van der Waals surface area (Å²) in [5.74, 6) is 0.344. The lowest BCUT2D eigenvalue weighted by Gasteiger charge is -2.34. The van der Waals surface area contributed by atoms with E-state index in [1.165, 1.54) is 4.31 Å². The summed E-state index contributed by atoms with van der Waals surface area (Å²) in [7, 11) is -3.48. The van der Waals surface area contributed by atoms with E-state index in [-0.39, 0.29) is 11.9 Å². The summed E-state index contributed by atoms with van der Waals surface area (Å²) in [6.45, 7) is 8.24. The molecule has 2 atom stereocenters. The molecule has 1 fully saturated rings. The second-order valence-corrected chi connectivity index (χ2v) is 9.92. The van der Waals surface area contributed by atoms with Gasteiger partial charge in [0.05, 0.1) is 31.1 Å². The minimum atomic E-state index is -3.48. The Bertz CT molecular complexity index is 955. The number of nitrogens with one attached hydrogen (secondary N) is 2. The van der Waals surface area contributed by atoms with Crippen molar-refractivity contribution in [2.24, 2.45) is 0 Å². The Balaban J connectivity index is 1.62. The maximum absolute atomic E-state index is 12.9. The maximum Gasteiger partial charge on any atom is 0.282 e. The summed E-state index contributed by atoms with van der Waals surface area (Å²) < 4.78 is 27.1. The van der Waals surface area contributed by atoms with E-state index >= 15 is 0 Å². The van der Waals surface area contributed by atoms with Crippen LogP contribution in [0.15, 0.2) is 59.5 Å². The maximum atomic E-state index is 12.9. The first kappa shape index (κ1) is 22.5. The lowest BCUT2D eigenvalue weighted by Crippen LogP contribution is -3.19. The molecule has 0 bridgehead atoms. The van der Waals surface area contributed by atoms with Crippen molar-refractivity contribution in [2.75, 3.05) is 31.5 Å². The number of piperazine rings is 1. The number of benzene rings is 2. The average Bonchev–Trinajstić information content (AvgIpc) is 2.79. The van der Waals surface area contributed by atoms with E-state index in [1.54, 1.807) is 30.3 Å². The third-order valence-corrected chi connectivity index (χ3v) is 8.03. The van der Waals surface area contributed by atoms with Gasteiger partial charge in [-0.15, -0.1) is 0 Å². The Morgan fingerprint density at radius 2 is 1.63 bits per heavy atom. The molecule has 1 aliphatic heterocycles. The lowest BCUT2D eigenvalue weighted by molar-refractivity contribution is -0.917. The molecule has 0 aromatic heterocycles. The van der Waals surface area contributed by atoms with Crippen LogP contribution in [0.4, 0.5) is 5.69 Å². The SMILES string of the molecule is CC[C@@H](C)c1ccccc1NC(=O)[C@@H](C)[NH+]1CCN(S(=O)(=O)c2ccccc2)CC1. The highest BCUT2D eigenvalue weighted by atomic mass is 32.2. The molecule has 2 aromatic carbocycles. The van der Waals surface area contributed by atoms with Gasteiger partial charge in [0.15, 0.2) is 6.04 Å². The number of carbonyl (C=O) groups is 1. The molecule has 0 saturated carbocycles. The van der Waals surface area contributed by atoms with Crippen LogP contribution in [-0.2, 0) is 14.8 Å².